The SMILES string of the molecule is c1ccc(-n2c3ccccc3c3cc(N(c4ccc(-c5cccc6c5ccc5ccccc56)cc4)c4ccc(-c5cccc6c5ccc5ccccc56)cc4)ccc32)cc1. The fraction of sp³-hybridized carbons (Fsp3) is 0. The van der Waals surface area contributed by atoms with Crippen molar-refractivity contribution in [2.45, 2.75) is 0 Å². The summed E-state index contributed by atoms with van der Waals surface area (Å²) in [5, 5.41) is 12.6. The molecule has 0 fully saturated rings. The van der Waals surface area contributed by atoms with Crippen LogP contribution in [0.3, 0.4) is 0 Å². The van der Waals surface area contributed by atoms with Gasteiger partial charge in [-0.15, -0.1) is 0 Å². The molecule has 0 saturated heterocycles. The van der Waals surface area contributed by atoms with Crippen molar-refractivity contribution in [1.29, 1.82) is 0 Å². The molecular weight excluding hydrogens is 725 g/mol. The van der Waals surface area contributed by atoms with Gasteiger partial charge in [0.05, 0.1) is 11.0 Å². The van der Waals surface area contributed by atoms with E-state index < -0.39 is 0 Å². The minimum atomic E-state index is 1.10. The number of rotatable bonds is 6. The quantitative estimate of drug-likeness (QED) is 0.153. The first kappa shape index (κ1) is 34.1. The van der Waals surface area contributed by atoms with Gasteiger partial charge in [-0.05, 0) is 126 Å². The number of aromatic nitrogens is 1. The van der Waals surface area contributed by atoms with E-state index in [1.807, 2.05) is 0 Å². The average molecular weight is 763 g/mol. The van der Waals surface area contributed by atoms with Gasteiger partial charge in [-0.3, -0.25) is 0 Å². The number of hydrogen-bond acceptors (Lipinski definition) is 1. The Bertz CT molecular complexity index is 3420. The summed E-state index contributed by atoms with van der Waals surface area (Å²) in [7, 11) is 0. The zero-order valence-electron chi connectivity index (χ0n) is 32.8. The third-order valence-electron chi connectivity index (χ3n) is 12.4. The smallest absolute Gasteiger partial charge is 0.0542 e. The van der Waals surface area contributed by atoms with Crippen LogP contribution < -0.4 is 4.90 Å². The second-order valence-electron chi connectivity index (χ2n) is 15.7. The Morgan fingerprint density at radius 2 is 0.733 bits per heavy atom. The second-order valence-corrected chi connectivity index (χ2v) is 15.7. The molecule has 60 heavy (non-hydrogen) atoms. The number of benzene rings is 11. The molecule has 1 heterocycles. The lowest BCUT2D eigenvalue weighted by atomic mass is 9.94. The summed E-state index contributed by atoms with van der Waals surface area (Å²) >= 11 is 0. The van der Waals surface area contributed by atoms with Crippen LogP contribution >= 0.6 is 0 Å². The van der Waals surface area contributed by atoms with Gasteiger partial charge in [0.1, 0.15) is 0 Å². The van der Waals surface area contributed by atoms with Crippen molar-refractivity contribution in [3.8, 4) is 27.9 Å². The van der Waals surface area contributed by atoms with E-state index in [0.29, 0.717) is 0 Å². The topological polar surface area (TPSA) is 8.17 Å². The van der Waals surface area contributed by atoms with Crippen molar-refractivity contribution in [3.05, 3.63) is 231 Å². The fourth-order valence-electron chi connectivity index (χ4n) is 9.57. The molecule has 0 N–H and O–H groups in total. The third-order valence-corrected chi connectivity index (χ3v) is 12.4. The van der Waals surface area contributed by atoms with Crippen molar-refractivity contribution < 1.29 is 0 Å². The molecule has 0 aliphatic rings. The summed E-state index contributed by atoms with van der Waals surface area (Å²) in [6, 6.07) is 84.3. The maximum absolute atomic E-state index is 2.40. The van der Waals surface area contributed by atoms with Crippen molar-refractivity contribution in [3.63, 3.8) is 0 Å². The first-order valence-electron chi connectivity index (χ1n) is 20.7. The monoisotopic (exact) mass is 762 g/mol. The van der Waals surface area contributed by atoms with Crippen LogP contribution in [-0.2, 0) is 0 Å². The van der Waals surface area contributed by atoms with Gasteiger partial charge in [0, 0.05) is 33.5 Å². The fourth-order valence-corrected chi connectivity index (χ4v) is 9.57. The predicted molar refractivity (Wildman–Crippen MR) is 256 cm³/mol. The molecule has 280 valence electrons. The number of hydrogen-bond donors (Lipinski definition) is 0. The van der Waals surface area contributed by atoms with E-state index in [1.54, 1.807) is 0 Å². The third kappa shape index (κ3) is 5.50. The lowest BCUT2D eigenvalue weighted by Crippen LogP contribution is -2.10. The van der Waals surface area contributed by atoms with Crippen LogP contribution in [0.5, 0.6) is 0 Å². The van der Waals surface area contributed by atoms with Crippen LogP contribution in [0.1, 0.15) is 0 Å². The molecule has 12 rings (SSSR count). The normalized spacial score (nSPS) is 11.7. The molecule has 11 aromatic carbocycles. The van der Waals surface area contributed by atoms with E-state index in [0.717, 1.165) is 22.7 Å². The first-order valence-corrected chi connectivity index (χ1v) is 20.7. The van der Waals surface area contributed by atoms with Crippen LogP contribution in [0.25, 0.3) is 92.8 Å². The van der Waals surface area contributed by atoms with Crippen molar-refractivity contribution in [2.75, 3.05) is 4.90 Å². The molecule has 2 nitrogen and oxygen atoms in total. The molecule has 0 aliphatic heterocycles. The lowest BCUT2D eigenvalue weighted by molar-refractivity contribution is 1.18. The highest BCUT2D eigenvalue weighted by Crippen LogP contribution is 2.42. The van der Waals surface area contributed by atoms with E-state index in [-0.39, 0.29) is 0 Å². The van der Waals surface area contributed by atoms with Crippen LogP contribution in [-0.4, -0.2) is 4.57 Å². The second kappa shape index (κ2) is 13.9. The van der Waals surface area contributed by atoms with Gasteiger partial charge in [0.2, 0.25) is 0 Å². The number of para-hydroxylation sites is 2. The molecular formula is C58H38N2. The molecule has 0 spiro atoms. The van der Waals surface area contributed by atoms with Gasteiger partial charge in [0.15, 0.2) is 0 Å². The minimum absolute atomic E-state index is 1.10. The van der Waals surface area contributed by atoms with Crippen LogP contribution in [0.2, 0.25) is 0 Å². The summed E-state index contributed by atoms with van der Waals surface area (Å²) in [4.78, 5) is 2.40. The first-order chi connectivity index (χ1) is 29.8. The van der Waals surface area contributed by atoms with Crippen molar-refractivity contribution in [1.82, 2.24) is 4.57 Å². The largest absolute Gasteiger partial charge is 0.310 e. The zero-order chi connectivity index (χ0) is 39.6. The van der Waals surface area contributed by atoms with E-state index in [1.165, 1.54) is 87.1 Å². The molecule has 0 aliphatic carbocycles. The van der Waals surface area contributed by atoms with E-state index in [2.05, 4.69) is 240 Å². The van der Waals surface area contributed by atoms with Crippen molar-refractivity contribution >= 4 is 82.0 Å². The van der Waals surface area contributed by atoms with Crippen LogP contribution in [0.15, 0.2) is 231 Å². The predicted octanol–water partition coefficient (Wildman–Crippen LogP) is 16.2. The lowest BCUT2D eigenvalue weighted by Gasteiger charge is -2.26. The number of nitrogens with zero attached hydrogens (tertiary/aromatic N) is 2. The maximum Gasteiger partial charge on any atom is 0.0542 e. The molecule has 0 unspecified atom stereocenters. The molecule has 2 heteroatoms. The van der Waals surface area contributed by atoms with Crippen LogP contribution in [0.4, 0.5) is 17.1 Å². The van der Waals surface area contributed by atoms with E-state index in [4.69, 9.17) is 0 Å². The summed E-state index contributed by atoms with van der Waals surface area (Å²) in [5.41, 5.74) is 11.7. The molecule has 0 radical (unpaired) electrons. The average Bonchev–Trinajstić information content (AvgIpc) is 3.65. The highest BCUT2D eigenvalue weighted by atomic mass is 15.1. The Morgan fingerprint density at radius 3 is 1.32 bits per heavy atom. The minimum Gasteiger partial charge on any atom is -0.310 e. The van der Waals surface area contributed by atoms with Crippen molar-refractivity contribution in [2.24, 2.45) is 0 Å². The standard InChI is InChI=1S/C58H38N2/c1-2-14-43(15-3-1)60-57-23-9-8-18-55(57)56-38-46(34-37-58(56)60)59(44-30-24-41(25-31-44)49-19-10-21-51-47-16-6-4-12-39(47)28-35-53(49)51)45-32-26-42(27-33-45)50-20-11-22-52-48-17-7-5-13-40(48)29-36-54(50)52/h1-38H. The van der Waals surface area contributed by atoms with Gasteiger partial charge in [0.25, 0.3) is 0 Å². The highest BCUT2D eigenvalue weighted by molar-refractivity contribution is 6.14. The van der Waals surface area contributed by atoms with Gasteiger partial charge in [-0.25, -0.2) is 0 Å². The Kier molecular flexibility index (Phi) is 7.89. The molecule has 0 atom stereocenters. The molecule has 1 aromatic heterocycles. The van der Waals surface area contributed by atoms with Gasteiger partial charge < -0.3 is 9.47 Å². The van der Waals surface area contributed by atoms with Gasteiger partial charge >= 0.3 is 0 Å². The highest BCUT2D eigenvalue weighted by Gasteiger charge is 2.18. The number of anilines is 3. The molecule has 0 saturated carbocycles. The Balaban J connectivity index is 1.01. The number of fused-ring (bicyclic) bond motifs is 9. The Hall–Kier alpha value is -7.94. The van der Waals surface area contributed by atoms with Gasteiger partial charge in [-0.2, -0.15) is 0 Å². The van der Waals surface area contributed by atoms with Gasteiger partial charge in [-0.1, -0.05) is 170 Å². The summed E-state index contributed by atoms with van der Waals surface area (Å²) < 4.78 is 2.38. The Morgan fingerprint density at radius 1 is 0.267 bits per heavy atom. The maximum atomic E-state index is 2.40. The summed E-state index contributed by atoms with van der Waals surface area (Å²) in [5.74, 6) is 0. The molecule has 12 aromatic rings. The van der Waals surface area contributed by atoms with E-state index in [9.17, 15) is 0 Å². The summed E-state index contributed by atoms with van der Waals surface area (Å²) in [6.45, 7) is 0. The van der Waals surface area contributed by atoms with E-state index >= 15 is 0 Å². The molecule has 0 bridgehead atoms. The Labute approximate surface area is 348 Å². The summed E-state index contributed by atoms with van der Waals surface area (Å²) in [6.07, 6.45) is 0. The molecule has 0 amide bonds. The van der Waals surface area contributed by atoms with Crippen LogP contribution in [0, 0.1) is 0 Å². The zero-order valence-corrected chi connectivity index (χ0v) is 32.8.